The van der Waals surface area contributed by atoms with Crippen molar-refractivity contribution in [2.45, 2.75) is 6.36 Å². The molecule has 21 heavy (non-hydrogen) atoms. The Kier molecular flexibility index (Phi) is 4.13. The van der Waals surface area contributed by atoms with Crippen LogP contribution in [0.4, 0.5) is 34.6 Å². The van der Waals surface area contributed by atoms with Crippen molar-refractivity contribution in [3.05, 3.63) is 47.2 Å². The van der Waals surface area contributed by atoms with Crippen LogP contribution < -0.4 is 15.8 Å². The third kappa shape index (κ3) is 4.16. The van der Waals surface area contributed by atoms with E-state index in [0.29, 0.717) is 5.69 Å². The second kappa shape index (κ2) is 5.69. The summed E-state index contributed by atoms with van der Waals surface area (Å²) in [5.74, 6) is -1.02. The van der Waals surface area contributed by atoms with Crippen molar-refractivity contribution in [3.8, 4) is 5.75 Å². The molecule has 0 aliphatic rings. The number of ether oxygens (including phenoxy) is 1. The Hall–Kier alpha value is -2.15. The summed E-state index contributed by atoms with van der Waals surface area (Å²) >= 11 is 5.57. The first-order chi connectivity index (χ1) is 9.74. The van der Waals surface area contributed by atoms with Crippen molar-refractivity contribution in [2.75, 3.05) is 11.1 Å². The van der Waals surface area contributed by atoms with Gasteiger partial charge < -0.3 is 15.8 Å². The fraction of sp³-hybridized carbons (Fsp3) is 0.0769. The number of anilines is 3. The lowest BCUT2D eigenvalue weighted by atomic mass is 10.2. The van der Waals surface area contributed by atoms with Crippen molar-refractivity contribution in [2.24, 2.45) is 0 Å². The Balaban J connectivity index is 2.16. The maximum absolute atomic E-state index is 13.3. The van der Waals surface area contributed by atoms with Gasteiger partial charge in [-0.25, -0.2) is 4.39 Å². The Morgan fingerprint density at radius 1 is 1.10 bits per heavy atom. The molecule has 3 N–H and O–H groups in total. The fourth-order valence-corrected chi connectivity index (χ4v) is 1.74. The quantitative estimate of drug-likeness (QED) is 0.636. The minimum Gasteiger partial charge on any atom is -0.406 e. The van der Waals surface area contributed by atoms with Gasteiger partial charge in [0.2, 0.25) is 0 Å². The van der Waals surface area contributed by atoms with Crippen LogP contribution in [0.2, 0.25) is 5.02 Å². The first kappa shape index (κ1) is 15.2. The Bertz CT molecular complexity index is 644. The molecule has 0 unspecified atom stereocenters. The van der Waals surface area contributed by atoms with Gasteiger partial charge in [0.1, 0.15) is 11.6 Å². The predicted octanol–water partition coefficient (Wildman–Crippen LogP) is 4.70. The average molecular weight is 321 g/mol. The van der Waals surface area contributed by atoms with Crippen molar-refractivity contribution in [3.63, 3.8) is 0 Å². The van der Waals surface area contributed by atoms with E-state index in [2.05, 4.69) is 10.1 Å². The molecule has 0 fully saturated rings. The highest BCUT2D eigenvalue weighted by atomic mass is 35.5. The van der Waals surface area contributed by atoms with E-state index in [0.717, 1.165) is 18.2 Å². The standard InChI is InChI=1S/C13H9ClF4N2O/c14-9-5-11(19)12(6-10(9)15)20-7-1-3-8(4-2-7)21-13(16,17)18/h1-6,20H,19H2. The van der Waals surface area contributed by atoms with E-state index in [1.807, 2.05) is 0 Å². The molecule has 0 heterocycles. The van der Waals surface area contributed by atoms with Crippen LogP contribution in [0.5, 0.6) is 5.75 Å². The summed E-state index contributed by atoms with van der Waals surface area (Å²) < 4.78 is 53.1. The smallest absolute Gasteiger partial charge is 0.406 e. The Morgan fingerprint density at radius 3 is 2.29 bits per heavy atom. The van der Waals surface area contributed by atoms with Gasteiger partial charge in [0, 0.05) is 11.8 Å². The van der Waals surface area contributed by atoms with Gasteiger partial charge in [-0.05, 0) is 30.3 Å². The summed E-state index contributed by atoms with van der Waals surface area (Å²) in [5, 5.41) is 2.65. The molecule has 2 aromatic rings. The molecule has 0 aliphatic carbocycles. The number of halogens is 5. The van der Waals surface area contributed by atoms with E-state index in [1.165, 1.54) is 18.2 Å². The highest BCUT2D eigenvalue weighted by molar-refractivity contribution is 6.31. The molecule has 0 aliphatic heterocycles. The van der Waals surface area contributed by atoms with Crippen LogP contribution in [0, 0.1) is 5.82 Å². The zero-order valence-electron chi connectivity index (χ0n) is 10.3. The molecule has 112 valence electrons. The summed E-state index contributed by atoms with van der Waals surface area (Å²) in [5.41, 5.74) is 6.54. The van der Waals surface area contributed by atoms with E-state index < -0.39 is 12.2 Å². The molecule has 0 amide bonds. The molecule has 0 atom stereocenters. The van der Waals surface area contributed by atoms with Crippen LogP contribution in [0.25, 0.3) is 0 Å². The molecule has 8 heteroatoms. The molecular weight excluding hydrogens is 312 g/mol. The summed E-state index contributed by atoms with van der Waals surface area (Å²) in [6, 6.07) is 7.26. The molecule has 0 saturated heterocycles. The summed E-state index contributed by atoms with van der Waals surface area (Å²) in [6.45, 7) is 0. The van der Waals surface area contributed by atoms with Gasteiger partial charge in [-0.1, -0.05) is 11.6 Å². The van der Waals surface area contributed by atoms with Crippen LogP contribution in [-0.2, 0) is 0 Å². The first-order valence-electron chi connectivity index (χ1n) is 5.62. The molecule has 0 radical (unpaired) electrons. The van der Waals surface area contributed by atoms with Gasteiger partial charge in [0.05, 0.1) is 16.4 Å². The molecule has 0 saturated carbocycles. The molecule has 0 aromatic heterocycles. The van der Waals surface area contributed by atoms with E-state index in [-0.39, 0.29) is 22.1 Å². The van der Waals surface area contributed by atoms with Crippen LogP contribution in [0.1, 0.15) is 0 Å². The average Bonchev–Trinajstić information content (AvgIpc) is 2.36. The lowest BCUT2D eigenvalue weighted by Crippen LogP contribution is -2.16. The van der Waals surface area contributed by atoms with Gasteiger partial charge in [-0.2, -0.15) is 0 Å². The van der Waals surface area contributed by atoms with Crippen molar-refractivity contribution in [1.29, 1.82) is 0 Å². The summed E-state index contributed by atoms with van der Waals surface area (Å²) in [4.78, 5) is 0. The molecule has 2 aromatic carbocycles. The van der Waals surface area contributed by atoms with Gasteiger partial charge in [-0.3, -0.25) is 0 Å². The normalized spacial score (nSPS) is 11.3. The number of nitrogens with two attached hydrogens (primary N) is 1. The van der Waals surface area contributed by atoms with E-state index in [4.69, 9.17) is 17.3 Å². The third-order valence-corrected chi connectivity index (χ3v) is 2.75. The van der Waals surface area contributed by atoms with Crippen LogP contribution in [-0.4, -0.2) is 6.36 Å². The third-order valence-electron chi connectivity index (χ3n) is 2.46. The zero-order valence-corrected chi connectivity index (χ0v) is 11.1. The number of rotatable bonds is 3. The largest absolute Gasteiger partial charge is 0.573 e. The summed E-state index contributed by atoms with van der Waals surface area (Å²) in [6.07, 6.45) is -4.75. The van der Waals surface area contributed by atoms with Crippen LogP contribution >= 0.6 is 11.6 Å². The molecule has 0 spiro atoms. The topological polar surface area (TPSA) is 47.3 Å². The highest BCUT2D eigenvalue weighted by Crippen LogP contribution is 2.30. The molecule has 0 bridgehead atoms. The molecule has 2 rings (SSSR count). The van der Waals surface area contributed by atoms with Crippen molar-refractivity contribution in [1.82, 2.24) is 0 Å². The second-order valence-corrected chi connectivity index (χ2v) is 4.46. The van der Waals surface area contributed by atoms with Crippen LogP contribution in [0.3, 0.4) is 0 Å². The predicted molar refractivity (Wildman–Crippen MR) is 72.2 cm³/mol. The van der Waals surface area contributed by atoms with E-state index >= 15 is 0 Å². The van der Waals surface area contributed by atoms with E-state index in [1.54, 1.807) is 0 Å². The lowest BCUT2D eigenvalue weighted by Gasteiger charge is -2.12. The summed E-state index contributed by atoms with van der Waals surface area (Å²) in [7, 11) is 0. The SMILES string of the molecule is Nc1cc(Cl)c(F)cc1Nc1ccc(OC(F)(F)F)cc1. The minimum absolute atomic E-state index is 0.119. The maximum atomic E-state index is 13.3. The molecular formula is C13H9ClF4N2O. The zero-order chi connectivity index (χ0) is 15.6. The Morgan fingerprint density at radius 2 is 1.71 bits per heavy atom. The number of benzene rings is 2. The fourth-order valence-electron chi connectivity index (χ4n) is 1.57. The van der Waals surface area contributed by atoms with Crippen molar-refractivity contribution >= 4 is 28.7 Å². The van der Waals surface area contributed by atoms with Crippen molar-refractivity contribution < 1.29 is 22.3 Å². The van der Waals surface area contributed by atoms with Gasteiger partial charge in [0.15, 0.2) is 0 Å². The Labute approximate surface area is 122 Å². The van der Waals surface area contributed by atoms with Crippen LogP contribution in [0.15, 0.2) is 36.4 Å². The minimum atomic E-state index is -4.75. The van der Waals surface area contributed by atoms with Gasteiger partial charge >= 0.3 is 6.36 Å². The van der Waals surface area contributed by atoms with E-state index in [9.17, 15) is 17.6 Å². The number of nitrogens with one attached hydrogen (secondary N) is 1. The lowest BCUT2D eigenvalue weighted by molar-refractivity contribution is -0.274. The monoisotopic (exact) mass is 320 g/mol. The van der Waals surface area contributed by atoms with Gasteiger partial charge in [-0.15, -0.1) is 13.2 Å². The molecule has 3 nitrogen and oxygen atoms in total. The van der Waals surface area contributed by atoms with Gasteiger partial charge in [0.25, 0.3) is 0 Å². The number of hydrogen-bond donors (Lipinski definition) is 2. The number of hydrogen-bond acceptors (Lipinski definition) is 3. The second-order valence-electron chi connectivity index (χ2n) is 4.05. The number of alkyl halides is 3. The first-order valence-corrected chi connectivity index (χ1v) is 6.00. The highest BCUT2D eigenvalue weighted by Gasteiger charge is 2.30. The maximum Gasteiger partial charge on any atom is 0.573 e. The number of nitrogen functional groups attached to an aromatic ring is 1.